The maximum absolute atomic E-state index is 12.4. The molecule has 0 radical (unpaired) electrons. The number of rotatable bonds is 2. The number of nitrogens with zero attached hydrogens (tertiary/aromatic N) is 2. The van der Waals surface area contributed by atoms with Crippen molar-refractivity contribution in [2.75, 3.05) is 18.5 Å². The van der Waals surface area contributed by atoms with Gasteiger partial charge in [0.15, 0.2) is 0 Å². The summed E-state index contributed by atoms with van der Waals surface area (Å²) in [4.78, 5) is 26.2. The Hall–Kier alpha value is -2.08. The maximum Gasteiger partial charge on any atom is 0.326 e. The minimum Gasteiger partial charge on any atom is -0.480 e. The molecule has 0 aromatic heterocycles. The fraction of sp³-hybridized carbons (Fsp3) is 0.429. The summed E-state index contributed by atoms with van der Waals surface area (Å²) in [7, 11) is 1.61. The zero-order chi connectivity index (χ0) is 14.9. The first kappa shape index (κ1) is 14.3. The number of hydrogen-bond donors (Lipinski definition) is 2. The summed E-state index contributed by atoms with van der Waals surface area (Å²) < 4.78 is 0. The van der Waals surface area contributed by atoms with Crippen LogP contribution in [0.2, 0.25) is 0 Å². The average Bonchev–Trinajstić information content (AvgIpc) is 2.80. The molecule has 1 heterocycles. The zero-order valence-corrected chi connectivity index (χ0v) is 11.5. The topological polar surface area (TPSA) is 81.1 Å². The molecule has 6 heteroatoms. The Bertz CT molecular complexity index is 532. The third-order valence-corrected chi connectivity index (χ3v) is 3.57. The molecule has 20 heavy (non-hydrogen) atoms. The van der Waals surface area contributed by atoms with Gasteiger partial charge >= 0.3 is 12.0 Å². The molecule has 2 amide bonds. The number of aliphatic carboxylic acids is 1. The standard InChI is InChI=1S/C14H18N2O4/c1-9-5-3-4-6-11(9)15(2)14(20)16-8-10(17)7-12(16)13(18)19/h3-6,10,12,17H,7-8H2,1-2H3,(H,18,19)/t10?,12-/m0/s1. The van der Waals surface area contributed by atoms with E-state index in [1.807, 2.05) is 25.1 Å². The Morgan fingerprint density at radius 2 is 2.00 bits per heavy atom. The predicted molar refractivity (Wildman–Crippen MR) is 73.7 cm³/mol. The number of likely N-dealkylation sites (tertiary alicyclic amines) is 1. The van der Waals surface area contributed by atoms with Crippen LogP contribution in [-0.4, -0.2) is 52.9 Å². The lowest BCUT2D eigenvalue weighted by Gasteiger charge is -2.28. The van der Waals surface area contributed by atoms with Crippen molar-refractivity contribution < 1.29 is 19.8 Å². The molecule has 2 rings (SSSR count). The fourth-order valence-corrected chi connectivity index (χ4v) is 2.49. The number of aryl methyl sites for hydroxylation is 1. The number of para-hydroxylation sites is 1. The molecule has 1 unspecified atom stereocenters. The van der Waals surface area contributed by atoms with Crippen molar-refractivity contribution in [3.63, 3.8) is 0 Å². The molecule has 1 aromatic rings. The van der Waals surface area contributed by atoms with E-state index < -0.39 is 24.1 Å². The van der Waals surface area contributed by atoms with Gasteiger partial charge in [-0.1, -0.05) is 18.2 Å². The monoisotopic (exact) mass is 278 g/mol. The van der Waals surface area contributed by atoms with Crippen LogP contribution in [0.15, 0.2) is 24.3 Å². The van der Waals surface area contributed by atoms with E-state index in [0.717, 1.165) is 11.3 Å². The zero-order valence-electron chi connectivity index (χ0n) is 11.5. The molecule has 0 spiro atoms. The second-order valence-corrected chi connectivity index (χ2v) is 5.02. The number of benzene rings is 1. The molecular formula is C14H18N2O4. The summed E-state index contributed by atoms with van der Waals surface area (Å²) in [6.07, 6.45) is -0.715. The maximum atomic E-state index is 12.4. The Kier molecular flexibility index (Phi) is 3.94. The number of amides is 2. The summed E-state index contributed by atoms with van der Waals surface area (Å²) >= 11 is 0. The first-order valence-electron chi connectivity index (χ1n) is 6.42. The number of aliphatic hydroxyl groups excluding tert-OH is 1. The van der Waals surface area contributed by atoms with Gasteiger partial charge in [-0.3, -0.25) is 4.90 Å². The highest BCUT2D eigenvalue weighted by Gasteiger charge is 2.40. The number of carbonyl (C=O) groups excluding carboxylic acids is 1. The molecule has 2 N–H and O–H groups in total. The summed E-state index contributed by atoms with van der Waals surface area (Å²) in [6, 6.07) is 5.99. The smallest absolute Gasteiger partial charge is 0.326 e. The largest absolute Gasteiger partial charge is 0.480 e. The molecule has 0 saturated carbocycles. The van der Waals surface area contributed by atoms with E-state index in [4.69, 9.17) is 5.11 Å². The highest BCUT2D eigenvalue weighted by atomic mass is 16.4. The molecule has 1 saturated heterocycles. The molecule has 6 nitrogen and oxygen atoms in total. The van der Waals surface area contributed by atoms with Crippen LogP contribution in [0.5, 0.6) is 0 Å². The lowest BCUT2D eigenvalue weighted by Crippen LogP contribution is -2.47. The number of carboxylic acid groups (broad SMARTS) is 1. The van der Waals surface area contributed by atoms with Gasteiger partial charge in [0.1, 0.15) is 6.04 Å². The summed E-state index contributed by atoms with van der Waals surface area (Å²) in [5.41, 5.74) is 1.65. The van der Waals surface area contributed by atoms with E-state index in [1.165, 1.54) is 9.80 Å². The van der Waals surface area contributed by atoms with Crippen LogP contribution in [0.25, 0.3) is 0 Å². The summed E-state index contributed by atoms with van der Waals surface area (Å²) in [5.74, 6) is -1.09. The van der Waals surface area contributed by atoms with Crippen molar-refractivity contribution >= 4 is 17.7 Å². The van der Waals surface area contributed by atoms with Gasteiger partial charge in [0.2, 0.25) is 0 Å². The number of aliphatic hydroxyl groups is 1. The third-order valence-electron chi connectivity index (χ3n) is 3.57. The van der Waals surface area contributed by atoms with Gasteiger partial charge in [0.25, 0.3) is 0 Å². The van der Waals surface area contributed by atoms with Crippen molar-refractivity contribution in [1.82, 2.24) is 4.90 Å². The number of carbonyl (C=O) groups is 2. The van der Waals surface area contributed by atoms with Gasteiger partial charge in [-0.15, -0.1) is 0 Å². The minimum atomic E-state index is -1.09. The van der Waals surface area contributed by atoms with Crippen molar-refractivity contribution in [3.05, 3.63) is 29.8 Å². The van der Waals surface area contributed by atoms with E-state index in [1.54, 1.807) is 13.1 Å². The van der Waals surface area contributed by atoms with Crippen LogP contribution in [0.1, 0.15) is 12.0 Å². The van der Waals surface area contributed by atoms with Crippen molar-refractivity contribution in [3.8, 4) is 0 Å². The minimum absolute atomic E-state index is 0.0476. The SMILES string of the molecule is Cc1ccccc1N(C)C(=O)N1CC(O)C[C@H]1C(=O)O. The Morgan fingerprint density at radius 3 is 2.60 bits per heavy atom. The van der Waals surface area contributed by atoms with Gasteiger partial charge in [0, 0.05) is 25.7 Å². The molecular weight excluding hydrogens is 260 g/mol. The lowest BCUT2D eigenvalue weighted by molar-refractivity contribution is -0.141. The van der Waals surface area contributed by atoms with Crippen LogP contribution in [0, 0.1) is 6.92 Å². The summed E-state index contributed by atoms with van der Waals surface area (Å²) in [6.45, 7) is 1.93. The number of urea groups is 1. The second kappa shape index (κ2) is 5.50. The summed E-state index contributed by atoms with van der Waals surface area (Å²) in [5, 5.41) is 18.7. The quantitative estimate of drug-likeness (QED) is 0.848. The Morgan fingerprint density at radius 1 is 1.35 bits per heavy atom. The number of anilines is 1. The van der Waals surface area contributed by atoms with Crippen LogP contribution in [-0.2, 0) is 4.79 Å². The van der Waals surface area contributed by atoms with E-state index in [9.17, 15) is 14.7 Å². The van der Waals surface area contributed by atoms with E-state index in [-0.39, 0.29) is 13.0 Å². The average molecular weight is 278 g/mol. The van der Waals surface area contributed by atoms with Crippen LogP contribution < -0.4 is 4.90 Å². The van der Waals surface area contributed by atoms with Crippen molar-refractivity contribution in [2.45, 2.75) is 25.5 Å². The predicted octanol–water partition coefficient (Wildman–Crippen LogP) is 1.07. The number of β-amino-alcohol motifs (C(OH)–C–C–N with tert-alkyl or cyclic N) is 1. The molecule has 2 atom stereocenters. The van der Waals surface area contributed by atoms with Crippen molar-refractivity contribution in [2.24, 2.45) is 0 Å². The number of carboxylic acids is 1. The van der Waals surface area contributed by atoms with E-state index >= 15 is 0 Å². The van der Waals surface area contributed by atoms with Crippen LogP contribution >= 0.6 is 0 Å². The molecule has 0 bridgehead atoms. The third kappa shape index (κ3) is 2.60. The first-order valence-corrected chi connectivity index (χ1v) is 6.42. The molecule has 108 valence electrons. The lowest BCUT2D eigenvalue weighted by atomic mass is 10.2. The number of hydrogen-bond acceptors (Lipinski definition) is 3. The van der Waals surface area contributed by atoms with E-state index in [2.05, 4.69) is 0 Å². The molecule has 1 aliphatic heterocycles. The van der Waals surface area contributed by atoms with Gasteiger partial charge in [0.05, 0.1) is 6.10 Å². The molecule has 1 aromatic carbocycles. The molecule has 1 fully saturated rings. The van der Waals surface area contributed by atoms with Gasteiger partial charge in [-0.25, -0.2) is 9.59 Å². The van der Waals surface area contributed by atoms with Gasteiger partial charge < -0.3 is 15.1 Å². The highest BCUT2D eigenvalue weighted by Crippen LogP contribution is 2.24. The van der Waals surface area contributed by atoms with E-state index in [0.29, 0.717) is 0 Å². The fourth-order valence-electron chi connectivity index (χ4n) is 2.49. The van der Waals surface area contributed by atoms with Crippen LogP contribution in [0.3, 0.4) is 0 Å². The Balaban J connectivity index is 2.22. The Labute approximate surface area is 117 Å². The highest BCUT2D eigenvalue weighted by molar-refractivity contribution is 5.95. The van der Waals surface area contributed by atoms with Crippen LogP contribution in [0.4, 0.5) is 10.5 Å². The molecule has 1 aliphatic rings. The van der Waals surface area contributed by atoms with Gasteiger partial charge in [-0.2, -0.15) is 0 Å². The molecule has 0 aliphatic carbocycles. The first-order chi connectivity index (χ1) is 9.41. The van der Waals surface area contributed by atoms with Crippen molar-refractivity contribution in [1.29, 1.82) is 0 Å². The normalized spacial score (nSPS) is 21.9. The van der Waals surface area contributed by atoms with Gasteiger partial charge in [-0.05, 0) is 18.6 Å². The second-order valence-electron chi connectivity index (χ2n) is 5.02.